The molecule has 0 spiro atoms. The van der Waals surface area contributed by atoms with Gasteiger partial charge in [0, 0.05) is 35.6 Å². The minimum Gasteiger partial charge on any atom is -0.481 e. The van der Waals surface area contributed by atoms with Gasteiger partial charge >= 0.3 is 0 Å². The lowest BCUT2D eigenvalue weighted by atomic mass is 10.1. The van der Waals surface area contributed by atoms with Crippen LogP contribution in [-0.2, 0) is 0 Å². The molecule has 0 saturated heterocycles. The summed E-state index contributed by atoms with van der Waals surface area (Å²) in [7, 11) is 1.61. The Labute approximate surface area is 179 Å². The molecule has 1 saturated carbocycles. The van der Waals surface area contributed by atoms with Crippen LogP contribution in [0.1, 0.15) is 31.7 Å². The van der Waals surface area contributed by atoms with E-state index in [9.17, 15) is 0 Å². The number of ether oxygens (including phenoxy) is 1. The first-order valence-electron chi connectivity index (χ1n) is 10.6. The second-order valence-electron chi connectivity index (χ2n) is 8.04. The second kappa shape index (κ2) is 7.19. The van der Waals surface area contributed by atoms with Gasteiger partial charge in [0.05, 0.1) is 36.4 Å². The molecule has 4 aromatic heterocycles. The van der Waals surface area contributed by atoms with Crippen LogP contribution < -0.4 is 4.74 Å². The molecule has 0 atom stereocenters. The van der Waals surface area contributed by atoms with E-state index >= 15 is 0 Å². The number of aromatic amines is 1. The molecular formula is C24H22N6O. The summed E-state index contributed by atoms with van der Waals surface area (Å²) in [6.45, 7) is 0. The molecule has 1 aliphatic carbocycles. The fraction of sp³-hybridized carbons (Fsp3) is 0.250. The molecule has 0 amide bonds. The third-order valence-electron chi connectivity index (χ3n) is 6.22. The van der Waals surface area contributed by atoms with Gasteiger partial charge < -0.3 is 14.3 Å². The minimum atomic E-state index is 0.552. The van der Waals surface area contributed by atoms with Crippen molar-refractivity contribution in [3.05, 3.63) is 55.2 Å². The fourth-order valence-electron chi connectivity index (χ4n) is 4.60. The first-order chi connectivity index (χ1) is 15.3. The van der Waals surface area contributed by atoms with Crippen molar-refractivity contribution in [2.75, 3.05) is 7.11 Å². The van der Waals surface area contributed by atoms with Gasteiger partial charge in [-0.2, -0.15) is 0 Å². The molecule has 1 N–H and O–H groups in total. The number of hydrogen-bond acceptors (Lipinski definition) is 5. The van der Waals surface area contributed by atoms with E-state index in [4.69, 9.17) is 9.72 Å². The van der Waals surface area contributed by atoms with E-state index in [2.05, 4.69) is 42.7 Å². The zero-order valence-corrected chi connectivity index (χ0v) is 17.2. The van der Waals surface area contributed by atoms with Gasteiger partial charge in [-0.3, -0.25) is 0 Å². The van der Waals surface area contributed by atoms with E-state index < -0.39 is 0 Å². The van der Waals surface area contributed by atoms with Crippen molar-refractivity contribution in [3.8, 4) is 28.3 Å². The standard InChI is InChI=1S/C24H22N6O/c1-31-22-11-16(8-9-25-22)20-13-27-24-23(29-20)18(12-26-24)15-6-7-19-21(10-15)30(14-28-19)17-4-2-3-5-17/h6-14,17H,2-5H2,1H3,(H,26,27). The fourth-order valence-corrected chi connectivity index (χ4v) is 4.60. The zero-order valence-electron chi connectivity index (χ0n) is 17.2. The van der Waals surface area contributed by atoms with Crippen LogP contribution in [0.2, 0.25) is 0 Å². The molecule has 4 heterocycles. The molecular weight excluding hydrogens is 388 g/mol. The third-order valence-corrected chi connectivity index (χ3v) is 6.22. The number of aromatic nitrogens is 6. The number of nitrogens with zero attached hydrogens (tertiary/aromatic N) is 5. The van der Waals surface area contributed by atoms with Gasteiger partial charge in [0.25, 0.3) is 0 Å². The Morgan fingerprint density at radius 3 is 2.81 bits per heavy atom. The molecule has 154 valence electrons. The summed E-state index contributed by atoms with van der Waals surface area (Å²) >= 11 is 0. The van der Waals surface area contributed by atoms with E-state index in [-0.39, 0.29) is 0 Å². The second-order valence-corrected chi connectivity index (χ2v) is 8.04. The Bertz CT molecular complexity index is 1400. The van der Waals surface area contributed by atoms with E-state index in [0.717, 1.165) is 39.1 Å². The number of fused-ring (bicyclic) bond motifs is 2. The average molecular weight is 410 g/mol. The molecule has 1 aromatic carbocycles. The maximum Gasteiger partial charge on any atom is 0.213 e. The maximum absolute atomic E-state index is 5.25. The molecule has 0 bridgehead atoms. The van der Waals surface area contributed by atoms with Crippen LogP contribution in [0.3, 0.4) is 0 Å². The van der Waals surface area contributed by atoms with Gasteiger partial charge in [-0.05, 0) is 36.6 Å². The lowest BCUT2D eigenvalue weighted by molar-refractivity contribution is 0.398. The van der Waals surface area contributed by atoms with E-state index in [1.165, 1.54) is 31.2 Å². The van der Waals surface area contributed by atoms with Crippen LogP contribution in [0.5, 0.6) is 5.88 Å². The highest BCUT2D eigenvalue weighted by Crippen LogP contribution is 2.35. The van der Waals surface area contributed by atoms with Crippen LogP contribution in [0, 0.1) is 0 Å². The monoisotopic (exact) mass is 410 g/mol. The molecule has 5 aromatic rings. The highest BCUT2D eigenvalue weighted by Gasteiger charge is 2.19. The topological polar surface area (TPSA) is 81.5 Å². The Kier molecular flexibility index (Phi) is 4.19. The highest BCUT2D eigenvalue weighted by molar-refractivity contribution is 5.94. The SMILES string of the molecule is COc1cc(-c2cnc3[nH]cc(-c4ccc5ncn(C6CCCC6)c5c4)c3n2)ccn1. The van der Waals surface area contributed by atoms with E-state index in [0.29, 0.717) is 11.9 Å². The molecule has 7 heteroatoms. The molecule has 0 unspecified atom stereocenters. The van der Waals surface area contributed by atoms with E-state index in [1.54, 1.807) is 19.5 Å². The number of nitrogens with one attached hydrogen (secondary N) is 1. The van der Waals surface area contributed by atoms with E-state index in [1.807, 2.05) is 24.7 Å². The Balaban J connectivity index is 1.46. The number of rotatable bonds is 4. The molecule has 0 aliphatic heterocycles. The van der Waals surface area contributed by atoms with Gasteiger partial charge in [0.2, 0.25) is 5.88 Å². The summed E-state index contributed by atoms with van der Waals surface area (Å²) in [6.07, 6.45) is 12.5. The Morgan fingerprint density at radius 1 is 1.03 bits per heavy atom. The molecule has 6 rings (SSSR count). The van der Waals surface area contributed by atoms with Crippen molar-refractivity contribution in [1.82, 2.24) is 29.5 Å². The molecule has 1 aliphatic rings. The van der Waals surface area contributed by atoms with Gasteiger partial charge in [0.15, 0.2) is 5.65 Å². The van der Waals surface area contributed by atoms with Gasteiger partial charge in [0.1, 0.15) is 5.52 Å². The lowest BCUT2D eigenvalue weighted by Crippen LogP contribution is -2.02. The van der Waals surface area contributed by atoms with Crippen LogP contribution in [0.4, 0.5) is 0 Å². The quantitative estimate of drug-likeness (QED) is 0.443. The van der Waals surface area contributed by atoms with Crippen LogP contribution >= 0.6 is 0 Å². The number of H-pyrrole nitrogens is 1. The number of hydrogen-bond donors (Lipinski definition) is 1. The number of benzene rings is 1. The average Bonchev–Trinajstić information content (AvgIpc) is 3.57. The summed E-state index contributed by atoms with van der Waals surface area (Å²) in [5.74, 6) is 0.555. The van der Waals surface area contributed by atoms with Gasteiger partial charge in [-0.25, -0.2) is 19.9 Å². The number of pyridine rings is 1. The predicted molar refractivity (Wildman–Crippen MR) is 120 cm³/mol. The minimum absolute atomic E-state index is 0.552. The first-order valence-corrected chi connectivity index (χ1v) is 10.6. The van der Waals surface area contributed by atoms with Gasteiger partial charge in [-0.1, -0.05) is 18.9 Å². The summed E-state index contributed by atoms with van der Waals surface area (Å²) in [5, 5.41) is 0. The number of methoxy groups -OCH3 is 1. The number of imidazole rings is 1. The first kappa shape index (κ1) is 18.1. The third kappa shape index (κ3) is 3.04. The maximum atomic E-state index is 5.25. The molecule has 31 heavy (non-hydrogen) atoms. The Morgan fingerprint density at radius 2 is 1.94 bits per heavy atom. The van der Waals surface area contributed by atoms with Crippen molar-refractivity contribution >= 4 is 22.2 Å². The molecule has 7 nitrogen and oxygen atoms in total. The van der Waals surface area contributed by atoms with Crippen molar-refractivity contribution in [1.29, 1.82) is 0 Å². The van der Waals surface area contributed by atoms with Crippen LogP contribution in [-0.4, -0.2) is 36.6 Å². The summed E-state index contributed by atoms with van der Waals surface area (Å²) in [4.78, 5) is 21.6. The van der Waals surface area contributed by atoms with Crippen molar-refractivity contribution in [3.63, 3.8) is 0 Å². The van der Waals surface area contributed by atoms with Crippen molar-refractivity contribution < 1.29 is 4.74 Å². The van der Waals surface area contributed by atoms with Gasteiger partial charge in [-0.15, -0.1) is 0 Å². The lowest BCUT2D eigenvalue weighted by Gasteiger charge is -2.12. The van der Waals surface area contributed by atoms with Crippen molar-refractivity contribution in [2.45, 2.75) is 31.7 Å². The summed E-state index contributed by atoms with van der Waals surface area (Å²) in [5.41, 5.74) is 7.68. The zero-order chi connectivity index (χ0) is 20.8. The Hall–Kier alpha value is -3.74. The van der Waals surface area contributed by atoms with Crippen molar-refractivity contribution in [2.24, 2.45) is 0 Å². The smallest absolute Gasteiger partial charge is 0.213 e. The van der Waals surface area contributed by atoms with Crippen LogP contribution in [0.15, 0.2) is 55.2 Å². The summed E-state index contributed by atoms with van der Waals surface area (Å²) in [6, 6.07) is 10.8. The highest BCUT2D eigenvalue weighted by atomic mass is 16.5. The summed E-state index contributed by atoms with van der Waals surface area (Å²) < 4.78 is 7.60. The predicted octanol–water partition coefficient (Wildman–Crippen LogP) is 5.16. The largest absolute Gasteiger partial charge is 0.481 e. The van der Waals surface area contributed by atoms with Crippen LogP contribution in [0.25, 0.3) is 44.6 Å². The molecule has 1 fully saturated rings. The molecule has 0 radical (unpaired) electrons. The normalized spacial score (nSPS) is 14.6.